The van der Waals surface area contributed by atoms with Crippen LogP contribution in [0.25, 0.3) is 0 Å². The van der Waals surface area contributed by atoms with Crippen molar-refractivity contribution in [2.75, 3.05) is 0 Å². The van der Waals surface area contributed by atoms with E-state index in [1.165, 1.54) is 0 Å². The number of hydrogen-bond donors (Lipinski definition) is 0. The number of carbonyl (C=O) groups is 1. The highest BCUT2D eigenvalue weighted by Gasteiger charge is 2.49. The summed E-state index contributed by atoms with van der Waals surface area (Å²) in [6.07, 6.45) is 7.10. The molecule has 0 N–H and O–H groups in total. The molecule has 0 unspecified atom stereocenters. The third-order valence-corrected chi connectivity index (χ3v) is 8.08. The largest absolute Gasteiger partial charge is 0.489 e. The van der Waals surface area contributed by atoms with Crippen LogP contribution in [0.15, 0.2) is 91.0 Å². The maximum absolute atomic E-state index is 12.9. The first kappa shape index (κ1) is 23.4. The lowest BCUT2D eigenvalue weighted by molar-refractivity contribution is -0.126. The SMILES string of the molecule is C[C@@H]1C=C[C@@H]2C(=O)CCC[C@H]2[C@]1(C)c1cc(OCc2ccccc2)ccc1OCc1ccccc1. The predicted octanol–water partition coefficient (Wildman–Crippen LogP) is 7.29. The fourth-order valence-corrected chi connectivity index (χ4v) is 5.87. The highest BCUT2D eigenvalue weighted by molar-refractivity contribution is 5.84. The molecule has 2 aliphatic carbocycles. The van der Waals surface area contributed by atoms with Gasteiger partial charge in [-0.15, -0.1) is 0 Å². The standard InChI is InChI=1S/C32H34O3/c1-23-16-18-27-28(14-9-15-30(27)33)32(23,2)29-20-26(34-21-24-10-5-3-6-11-24)17-19-31(29)35-22-25-12-7-4-8-13-25/h3-8,10-13,16-20,23,27-28H,9,14-15,21-22H2,1-2H3/t23-,27+,28-,32-/m1/s1. The summed E-state index contributed by atoms with van der Waals surface area (Å²) in [5, 5.41) is 0. The molecule has 0 aliphatic heterocycles. The number of carbonyl (C=O) groups excluding carboxylic acids is 1. The van der Waals surface area contributed by atoms with Crippen molar-refractivity contribution < 1.29 is 14.3 Å². The first-order valence-electron chi connectivity index (χ1n) is 12.7. The molecule has 1 fully saturated rings. The van der Waals surface area contributed by atoms with E-state index in [9.17, 15) is 4.79 Å². The van der Waals surface area contributed by atoms with Crippen LogP contribution >= 0.6 is 0 Å². The second-order valence-electron chi connectivity index (χ2n) is 10.2. The molecule has 5 rings (SSSR count). The fourth-order valence-electron chi connectivity index (χ4n) is 5.87. The summed E-state index contributed by atoms with van der Waals surface area (Å²) in [7, 11) is 0. The lowest BCUT2D eigenvalue weighted by Crippen LogP contribution is -2.47. The zero-order chi connectivity index (χ0) is 24.3. The van der Waals surface area contributed by atoms with Gasteiger partial charge in [0.2, 0.25) is 0 Å². The van der Waals surface area contributed by atoms with E-state index in [-0.39, 0.29) is 23.2 Å². The van der Waals surface area contributed by atoms with Crippen molar-refractivity contribution in [3.8, 4) is 11.5 Å². The summed E-state index contributed by atoms with van der Waals surface area (Å²) < 4.78 is 12.7. The molecule has 0 aromatic heterocycles. The van der Waals surface area contributed by atoms with Crippen LogP contribution in [0, 0.1) is 17.8 Å². The van der Waals surface area contributed by atoms with Crippen LogP contribution in [0.3, 0.4) is 0 Å². The van der Waals surface area contributed by atoms with E-state index >= 15 is 0 Å². The molecule has 0 saturated heterocycles. The van der Waals surface area contributed by atoms with E-state index in [1.54, 1.807) is 0 Å². The number of Topliss-reactive ketones (excluding diaryl/α,β-unsaturated/α-hetero) is 1. The van der Waals surface area contributed by atoms with Crippen LogP contribution in [0.1, 0.15) is 49.8 Å². The fraction of sp³-hybridized carbons (Fsp3) is 0.344. The van der Waals surface area contributed by atoms with E-state index in [0.29, 0.717) is 25.4 Å². The van der Waals surface area contributed by atoms with Crippen LogP contribution in [-0.4, -0.2) is 5.78 Å². The van der Waals surface area contributed by atoms with Crippen LogP contribution in [-0.2, 0) is 23.4 Å². The van der Waals surface area contributed by atoms with Gasteiger partial charge in [0, 0.05) is 23.3 Å². The summed E-state index contributed by atoms with van der Waals surface area (Å²) >= 11 is 0. The van der Waals surface area contributed by atoms with Gasteiger partial charge in [0.1, 0.15) is 30.5 Å². The number of fused-ring (bicyclic) bond motifs is 1. The third kappa shape index (κ3) is 4.77. The van der Waals surface area contributed by atoms with Crippen LogP contribution in [0.4, 0.5) is 0 Å². The molecule has 2 aliphatic rings. The van der Waals surface area contributed by atoms with E-state index in [4.69, 9.17) is 9.47 Å². The molecule has 3 heteroatoms. The van der Waals surface area contributed by atoms with Gasteiger partial charge in [-0.3, -0.25) is 4.79 Å². The zero-order valence-electron chi connectivity index (χ0n) is 20.7. The van der Waals surface area contributed by atoms with Gasteiger partial charge >= 0.3 is 0 Å². The Balaban J connectivity index is 1.51. The summed E-state index contributed by atoms with van der Waals surface area (Å²) in [6.45, 7) is 5.61. The molecule has 35 heavy (non-hydrogen) atoms. The molecule has 0 radical (unpaired) electrons. The van der Waals surface area contributed by atoms with Gasteiger partial charge < -0.3 is 9.47 Å². The van der Waals surface area contributed by atoms with E-state index < -0.39 is 0 Å². The lowest BCUT2D eigenvalue weighted by Gasteiger charge is -2.49. The van der Waals surface area contributed by atoms with Crippen molar-refractivity contribution in [3.05, 3.63) is 108 Å². The molecule has 3 nitrogen and oxygen atoms in total. The van der Waals surface area contributed by atoms with Crippen LogP contribution < -0.4 is 9.47 Å². The predicted molar refractivity (Wildman–Crippen MR) is 139 cm³/mol. The number of hydrogen-bond acceptors (Lipinski definition) is 3. The second kappa shape index (κ2) is 10.1. The zero-order valence-corrected chi connectivity index (χ0v) is 20.7. The highest BCUT2D eigenvalue weighted by atomic mass is 16.5. The second-order valence-corrected chi connectivity index (χ2v) is 10.2. The Morgan fingerprint density at radius 3 is 2.20 bits per heavy atom. The highest BCUT2D eigenvalue weighted by Crippen LogP contribution is 2.53. The number of ketones is 1. The van der Waals surface area contributed by atoms with Crippen molar-refractivity contribution in [3.63, 3.8) is 0 Å². The third-order valence-electron chi connectivity index (χ3n) is 8.08. The first-order chi connectivity index (χ1) is 17.1. The molecular weight excluding hydrogens is 432 g/mol. The topological polar surface area (TPSA) is 35.5 Å². The van der Waals surface area contributed by atoms with Gasteiger partial charge in [0.15, 0.2) is 0 Å². The Morgan fingerprint density at radius 1 is 0.857 bits per heavy atom. The van der Waals surface area contributed by atoms with E-state index in [1.807, 2.05) is 42.5 Å². The van der Waals surface area contributed by atoms with Crippen molar-refractivity contribution in [1.82, 2.24) is 0 Å². The molecule has 4 atom stereocenters. The van der Waals surface area contributed by atoms with Crippen LogP contribution in [0.5, 0.6) is 11.5 Å². The minimum absolute atomic E-state index is 0.0131. The Hall–Kier alpha value is -3.33. The minimum atomic E-state index is -0.229. The number of rotatable bonds is 7. The summed E-state index contributed by atoms with van der Waals surface area (Å²) in [5.74, 6) is 2.60. The normalized spacial score (nSPS) is 25.7. The molecule has 3 aromatic carbocycles. The molecule has 3 aromatic rings. The Bertz CT molecular complexity index is 1180. The van der Waals surface area contributed by atoms with E-state index in [0.717, 1.165) is 41.0 Å². The number of ether oxygens (including phenoxy) is 2. The van der Waals surface area contributed by atoms with Gasteiger partial charge in [-0.05, 0) is 54.0 Å². The monoisotopic (exact) mass is 466 g/mol. The Morgan fingerprint density at radius 2 is 1.51 bits per heavy atom. The maximum atomic E-state index is 12.9. The number of benzene rings is 3. The summed E-state index contributed by atoms with van der Waals surface area (Å²) in [5.41, 5.74) is 3.18. The van der Waals surface area contributed by atoms with Crippen molar-refractivity contribution in [2.45, 2.75) is 51.7 Å². The van der Waals surface area contributed by atoms with Gasteiger partial charge in [-0.25, -0.2) is 0 Å². The Kier molecular flexibility index (Phi) is 6.77. The minimum Gasteiger partial charge on any atom is -0.489 e. The molecule has 0 heterocycles. The summed E-state index contributed by atoms with van der Waals surface area (Å²) in [6, 6.07) is 26.7. The molecule has 0 spiro atoms. The molecule has 180 valence electrons. The average molecular weight is 467 g/mol. The van der Waals surface area contributed by atoms with Gasteiger partial charge in [-0.1, -0.05) is 86.7 Å². The van der Waals surface area contributed by atoms with Crippen molar-refractivity contribution in [1.29, 1.82) is 0 Å². The van der Waals surface area contributed by atoms with Crippen molar-refractivity contribution >= 4 is 5.78 Å². The summed E-state index contributed by atoms with van der Waals surface area (Å²) in [4.78, 5) is 12.9. The smallest absolute Gasteiger partial charge is 0.140 e. The van der Waals surface area contributed by atoms with Gasteiger partial charge in [0.05, 0.1) is 0 Å². The maximum Gasteiger partial charge on any atom is 0.140 e. The van der Waals surface area contributed by atoms with Crippen molar-refractivity contribution in [2.24, 2.45) is 17.8 Å². The average Bonchev–Trinajstić information content (AvgIpc) is 2.90. The van der Waals surface area contributed by atoms with E-state index in [2.05, 4.69) is 62.4 Å². The number of allylic oxidation sites excluding steroid dienone is 2. The molecular formula is C32H34O3. The quantitative estimate of drug-likeness (QED) is 0.343. The van der Waals surface area contributed by atoms with Crippen LogP contribution in [0.2, 0.25) is 0 Å². The van der Waals surface area contributed by atoms with Gasteiger partial charge in [-0.2, -0.15) is 0 Å². The first-order valence-corrected chi connectivity index (χ1v) is 12.7. The Labute approximate surface area is 208 Å². The molecule has 1 saturated carbocycles. The lowest BCUT2D eigenvalue weighted by atomic mass is 9.54. The van der Waals surface area contributed by atoms with Gasteiger partial charge in [0.25, 0.3) is 0 Å². The molecule has 0 bridgehead atoms. The molecule has 0 amide bonds.